The van der Waals surface area contributed by atoms with Crippen molar-refractivity contribution in [2.45, 2.75) is 57.1 Å². The van der Waals surface area contributed by atoms with Gasteiger partial charge in [0.05, 0.1) is 70.9 Å². The van der Waals surface area contributed by atoms with Crippen LogP contribution in [0.4, 0.5) is 11.5 Å². The van der Waals surface area contributed by atoms with Crippen molar-refractivity contribution in [3.63, 3.8) is 0 Å². The summed E-state index contributed by atoms with van der Waals surface area (Å²) in [5.41, 5.74) is 2.07. The third-order valence-electron chi connectivity index (χ3n) is 7.45. The summed E-state index contributed by atoms with van der Waals surface area (Å²) in [6.07, 6.45) is 4.74. The number of nitrogens with one attached hydrogen (secondary N) is 2. The van der Waals surface area contributed by atoms with Crippen LogP contribution < -0.4 is 10.6 Å². The Morgan fingerprint density at radius 3 is 2.38 bits per heavy atom. The molecule has 0 unspecified atom stereocenters. The van der Waals surface area contributed by atoms with Crippen LogP contribution in [0.1, 0.15) is 32.1 Å². The Hall–Kier alpha value is -3.43. The molecular weight excluding hydrogens is 648 g/mol. The largest absolute Gasteiger partial charge is 0.394 e. The van der Waals surface area contributed by atoms with Gasteiger partial charge in [-0.2, -0.15) is 15.1 Å². The van der Waals surface area contributed by atoms with E-state index in [2.05, 4.69) is 31.6 Å². The van der Waals surface area contributed by atoms with Gasteiger partial charge in [0.15, 0.2) is 17.7 Å². The van der Waals surface area contributed by atoms with Crippen molar-refractivity contribution in [3.05, 3.63) is 41.3 Å². The molecule has 2 fully saturated rings. The second kappa shape index (κ2) is 17.3. The van der Waals surface area contributed by atoms with Crippen LogP contribution in [0.15, 0.2) is 30.5 Å². The third kappa shape index (κ3) is 9.59. The van der Waals surface area contributed by atoms with E-state index in [-0.39, 0.29) is 37.4 Å². The Balaban J connectivity index is 1.04. The molecule has 0 saturated carbocycles. The predicted molar refractivity (Wildman–Crippen MR) is 174 cm³/mol. The van der Waals surface area contributed by atoms with E-state index < -0.39 is 30.3 Å². The quantitative estimate of drug-likeness (QED) is 0.0955. The molecule has 48 heavy (non-hydrogen) atoms. The molecule has 3 N–H and O–H groups in total. The van der Waals surface area contributed by atoms with Gasteiger partial charge in [0.1, 0.15) is 30.7 Å². The number of amides is 1. The standard InChI is InChI=1S/C32H41ClN6O9/c1-4-10-42-12-14-44-16-17-45-15-13-43-11-9-25(41)36-22-7-5-21(6-8-22)18-34-28-23-19-35-39(29(23)38-31(33)37-28)30-27-26(24(20-40)46-30)47-32(2,3)48-27/h1,5-8,19,24,26-27,30,40H,9-18,20H2,2-3H3,(H,36,41)(H,34,37,38)/t24-,26-,27-,30-/m1/s1. The summed E-state index contributed by atoms with van der Waals surface area (Å²) >= 11 is 6.32. The first kappa shape index (κ1) is 35.9. The molecule has 2 aliphatic rings. The maximum absolute atomic E-state index is 12.3. The van der Waals surface area contributed by atoms with Crippen LogP contribution in [-0.4, -0.2) is 114 Å². The normalized spacial score (nSPS) is 21.3. The lowest BCUT2D eigenvalue weighted by molar-refractivity contribution is -0.201. The number of carbonyl (C=O) groups is 1. The Morgan fingerprint density at radius 1 is 1.02 bits per heavy atom. The lowest BCUT2D eigenvalue weighted by Crippen LogP contribution is -2.31. The summed E-state index contributed by atoms with van der Waals surface area (Å²) < 4.78 is 41.1. The van der Waals surface area contributed by atoms with Crippen LogP contribution in [0.5, 0.6) is 0 Å². The zero-order valence-electron chi connectivity index (χ0n) is 26.9. The van der Waals surface area contributed by atoms with E-state index in [4.69, 9.17) is 51.2 Å². The number of benzene rings is 1. The molecule has 3 aromatic rings. The van der Waals surface area contributed by atoms with E-state index in [1.165, 1.54) is 0 Å². The molecule has 2 aliphatic heterocycles. The third-order valence-corrected chi connectivity index (χ3v) is 7.61. The average molecular weight is 689 g/mol. The molecule has 0 radical (unpaired) electrons. The minimum atomic E-state index is -0.827. The van der Waals surface area contributed by atoms with E-state index in [0.29, 0.717) is 68.7 Å². The number of terminal acetylenes is 1. The van der Waals surface area contributed by atoms with Gasteiger partial charge in [-0.15, -0.1) is 6.42 Å². The molecule has 4 heterocycles. The summed E-state index contributed by atoms with van der Waals surface area (Å²) in [5.74, 6) is 1.90. The van der Waals surface area contributed by atoms with Gasteiger partial charge in [-0.05, 0) is 43.1 Å². The van der Waals surface area contributed by atoms with Crippen LogP contribution in [0.25, 0.3) is 11.0 Å². The molecule has 1 aromatic carbocycles. The van der Waals surface area contributed by atoms with Gasteiger partial charge in [-0.1, -0.05) is 18.1 Å². The van der Waals surface area contributed by atoms with E-state index in [1.807, 2.05) is 38.1 Å². The van der Waals surface area contributed by atoms with Crippen molar-refractivity contribution in [1.82, 2.24) is 19.7 Å². The summed E-state index contributed by atoms with van der Waals surface area (Å²) in [7, 11) is 0. The van der Waals surface area contributed by atoms with Gasteiger partial charge in [0.25, 0.3) is 0 Å². The first-order valence-electron chi connectivity index (χ1n) is 15.7. The molecule has 2 aromatic heterocycles. The number of halogens is 1. The maximum Gasteiger partial charge on any atom is 0.226 e. The Labute approximate surface area is 283 Å². The predicted octanol–water partition coefficient (Wildman–Crippen LogP) is 2.53. The van der Waals surface area contributed by atoms with E-state index >= 15 is 0 Å². The van der Waals surface area contributed by atoms with Gasteiger partial charge in [-0.3, -0.25) is 4.79 Å². The molecule has 1 amide bonds. The van der Waals surface area contributed by atoms with Crippen molar-refractivity contribution in [3.8, 4) is 12.3 Å². The number of aliphatic hydroxyl groups excluding tert-OH is 1. The fourth-order valence-corrected chi connectivity index (χ4v) is 5.46. The zero-order chi connectivity index (χ0) is 33.9. The summed E-state index contributed by atoms with van der Waals surface area (Å²) in [6.45, 7) is 6.99. The summed E-state index contributed by atoms with van der Waals surface area (Å²) in [6, 6.07) is 7.44. The van der Waals surface area contributed by atoms with Gasteiger partial charge >= 0.3 is 0 Å². The summed E-state index contributed by atoms with van der Waals surface area (Å²) in [5, 5.41) is 21.2. The monoisotopic (exact) mass is 688 g/mol. The topological polar surface area (TPSA) is 170 Å². The maximum atomic E-state index is 12.3. The number of ether oxygens (including phenoxy) is 7. The van der Waals surface area contributed by atoms with Gasteiger partial charge in [0, 0.05) is 12.2 Å². The van der Waals surface area contributed by atoms with E-state index in [1.54, 1.807) is 10.9 Å². The summed E-state index contributed by atoms with van der Waals surface area (Å²) in [4.78, 5) is 21.1. The molecule has 16 heteroatoms. The highest BCUT2D eigenvalue weighted by Gasteiger charge is 2.56. The van der Waals surface area contributed by atoms with Crippen LogP contribution >= 0.6 is 11.6 Å². The van der Waals surface area contributed by atoms with Crippen molar-refractivity contribution < 1.29 is 43.1 Å². The number of hydrogen-bond acceptors (Lipinski definition) is 13. The van der Waals surface area contributed by atoms with Crippen LogP contribution in [0.2, 0.25) is 5.28 Å². The molecular formula is C32H41ClN6O9. The Kier molecular flexibility index (Phi) is 12.9. The number of aliphatic hydroxyl groups is 1. The van der Waals surface area contributed by atoms with E-state index in [0.717, 1.165) is 5.56 Å². The molecule has 4 atom stereocenters. The number of anilines is 2. The van der Waals surface area contributed by atoms with Gasteiger partial charge in [0.2, 0.25) is 11.2 Å². The van der Waals surface area contributed by atoms with Crippen molar-refractivity contribution >= 4 is 40.0 Å². The van der Waals surface area contributed by atoms with Crippen molar-refractivity contribution in [1.29, 1.82) is 0 Å². The first-order chi connectivity index (χ1) is 23.3. The Bertz CT molecular complexity index is 1530. The number of fused-ring (bicyclic) bond motifs is 2. The highest BCUT2D eigenvalue weighted by atomic mass is 35.5. The highest BCUT2D eigenvalue weighted by molar-refractivity contribution is 6.28. The van der Waals surface area contributed by atoms with Crippen LogP contribution in [0.3, 0.4) is 0 Å². The second-order valence-corrected chi connectivity index (χ2v) is 11.8. The van der Waals surface area contributed by atoms with Crippen molar-refractivity contribution in [2.24, 2.45) is 0 Å². The number of nitrogens with zero attached hydrogens (tertiary/aromatic N) is 4. The van der Waals surface area contributed by atoms with Gasteiger partial charge in [-0.25, -0.2) is 4.68 Å². The molecule has 5 rings (SSSR count). The van der Waals surface area contributed by atoms with Crippen LogP contribution in [0, 0.1) is 12.3 Å². The lowest BCUT2D eigenvalue weighted by Gasteiger charge is -2.23. The second-order valence-electron chi connectivity index (χ2n) is 11.4. The number of hydrogen-bond donors (Lipinski definition) is 3. The molecule has 0 aliphatic carbocycles. The average Bonchev–Trinajstić information content (AvgIpc) is 3.72. The minimum Gasteiger partial charge on any atom is -0.394 e. The van der Waals surface area contributed by atoms with Gasteiger partial charge < -0.3 is 48.9 Å². The first-order valence-corrected chi connectivity index (χ1v) is 16.1. The SMILES string of the molecule is C#CCOCCOCCOCCOCCC(=O)Nc1ccc(CNc2nc(Cl)nc3c2cnn3[C@@H]2O[C@H](CO)[C@H]3OC(C)(C)O[C@H]32)cc1. The smallest absolute Gasteiger partial charge is 0.226 e. The Morgan fingerprint density at radius 2 is 1.69 bits per heavy atom. The zero-order valence-corrected chi connectivity index (χ0v) is 27.7. The molecule has 15 nitrogen and oxygen atoms in total. The number of rotatable bonds is 19. The fourth-order valence-electron chi connectivity index (χ4n) is 5.29. The van der Waals surface area contributed by atoms with Crippen LogP contribution in [-0.2, 0) is 44.5 Å². The molecule has 2 saturated heterocycles. The minimum absolute atomic E-state index is 0.0302. The highest BCUT2D eigenvalue weighted by Crippen LogP contribution is 2.43. The van der Waals surface area contributed by atoms with Crippen molar-refractivity contribution in [2.75, 3.05) is 70.1 Å². The molecule has 260 valence electrons. The molecule has 0 bridgehead atoms. The lowest BCUT2D eigenvalue weighted by atomic mass is 10.1. The number of carbonyl (C=O) groups excluding carboxylic acids is 1. The fraction of sp³-hybridized carbons (Fsp3) is 0.562. The van der Waals surface area contributed by atoms with E-state index in [9.17, 15) is 9.90 Å². The molecule has 0 spiro atoms. The number of aromatic nitrogens is 4.